The molecule has 0 bridgehead atoms. The van der Waals surface area contributed by atoms with Crippen LogP contribution in [0.4, 0.5) is 12.9 Å². The summed E-state index contributed by atoms with van der Waals surface area (Å²) >= 11 is 0. The zero-order chi connectivity index (χ0) is 15.6. The minimum atomic E-state index is -4.98. The fraction of sp³-hybridized carbons (Fsp3) is 0.357. The molecule has 114 valence electrons. The number of rotatable bonds is 5. The largest absolute Gasteiger partial charge is 0.509 e. The highest BCUT2D eigenvalue weighted by Crippen LogP contribution is 2.18. The summed E-state index contributed by atoms with van der Waals surface area (Å²) in [6.45, 7) is 1.33. The normalized spacial score (nSPS) is 11.7. The van der Waals surface area contributed by atoms with E-state index >= 15 is 0 Å². The van der Waals surface area contributed by atoms with E-state index in [-0.39, 0.29) is 12.2 Å². The van der Waals surface area contributed by atoms with Gasteiger partial charge in [-0.15, -0.1) is 5.46 Å². The number of nitrogens with zero attached hydrogens (tertiary/aromatic N) is 2. The fourth-order valence-corrected chi connectivity index (χ4v) is 2.25. The van der Waals surface area contributed by atoms with Gasteiger partial charge in [0, 0.05) is 6.54 Å². The first-order valence-electron chi connectivity index (χ1n) is 6.78. The second-order valence-corrected chi connectivity index (χ2v) is 4.97. The standard InChI is InChI=1S/C14H17BF3N2O/c1-4-20-12(8-11(3)19-20)9-21-13-5-6-14(10(2)7-13)15(16,17)18/h5-8H,4,9H2,1-3H3/q-1. The summed E-state index contributed by atoms with van der Waals surface area (Å²) in [6.07, 6.45) is 0. The van der Waals surface area contributed by atoms with Crippen LogP contribution in [0.1, 0.15) is 23.9 Å². The molecule has 0 atom stereocenters. The van der Waals surface area contributed by atoms with Crippen molar-refractivity contribution in [1.29, 1.82) is 0 Å². The molecule has 0 amide bonds. The van der Waals surface area contributed by atoms with Crippen LogP contribution >= 0.6 is 0 Å². The summed E-state index contributed by atoms with van der Waals surface area (Å²) in [5, 5.41) is 4.30. The summed E-state index contributed by atoms with van der Waals surface area (Å²) in [5.74, 6) is 0.429. The molecule has 0 fully saturated rings. The average molecular weight is 297 g/mol. The second kappa shape index (κ2) is 5.83. The van der Waals surface area contributed by atoms with Crippen LogP contribution in [-0.2, 0) is 13.2 Å². The van der Waals surface area contributed by atoms with E-state index in [9.17, 15) is 12.9 Å². The lowest BCUT2D eigenvalue weighted by Crippen LogP contribution is -2.35. The van der Waals surface area contributed by atoms with Crippen molar-refractivity contribution in [1.82, 2.24) is 9.78 Å². The lowest BCUT2D eigenvalue weighted by atomic mass is 9.77. The van der Waals surface area contributed by atoms with E-state index in [1.165, 1.54) is 19.1 Å². The minimum absolute atomic E-state index is 0.181. The van der Waals surface area contributed by atoms with E-state index in [2.05, 4.69) is 5.10 Å². The Morgan fingerprint density at radius 3 is 2.48 bits per heavy atom. The molecule has 3 nitrogen and oxygen atoms in total. The highest BCUT2D eigenvalue weighted by molar-refractivity contribution is 6.74. The van der Waals surface area contributed by atoms with Crippen molar-refractivity contribution in [3.05, 3.63) is 41.2 Å². The number of benzene rings is 1. The van der Waals surface area contributed by atoms with Crippen LogP contribution in [0, 0.1) is 13.8 Å². The highest BCUT2D eigenvalue weighted by atomic mass is 19.4. The first-order valence-corrected chi connectivity index (χ1v) is 6.78. The predicted octanol–water partition coefficient (Wildman–Crippen LogP) is 3.15. The van der Waals surface area contributed by atoms with Crippen LogP contribution < -0.4 is 10.2 Å². The Hall–Kier alpha value is -1.92. The van der Waals surface area contributed by atoms with E-state index in [0.29, 0.717) is 5.75 Å². The summed E-state index contributed by atoms with van der Waals surface area (Å²) < 4.78 is 45.6. The lowest BCUT2D eigenvalue weighted by molar-refractivity contribution is 0.292. The number of aryl methyl sites for hydroxylation is 3. The van der Waals surface area contributed by atoms with Gasteiger partial charge < -0.3 is 17.7 Å². The second-order valence-electron chi connectivity index (χ2n) is 4.97. The molecule has 0 saturated carbocycles. The maximum atomic E-state index is 12.7. The molecule has 7 heteroatoms. The molecular formula is C14H17BF3N2O-. The van der Waals surface area contributed by atoms with Crippen LogP contribution in [0.3, 0.4) is 0 Å². The molecule has 1 aromatic carbocycles. The SMILES string of the molecule is CCn1nc(C)cc1COc1ccc([B-](F)(F)F)c(C)c1. The van der Waals surface area contributed by atoms with E-state index in [4.69, 9.17) is 4.74 Å². The molecule has 0 aliphatic rings. The molecule has 0 aliphatic heterocycles. The van der Waals surface area contributed by atoms with Gasteiger partial charge in [0.2, 0.25) is 0 Å². The quantitative estimate of drug-likeness (QED) is 0.793. The number of hydrogen-bond donors (Lipinski definition) is 0. The van der Waals surface area contributed by atoms with Crippen molar-refractivity contribution in [2.45, 2.75) is 33.9 Å². The van der Waals surface area contributed by atoms with Gasteiger partial charge in [0.1, 0.15) is 12.4 Å². The molecule has 0 spiro atoms. The van der Waals surface area contributed by atoms with Crippen molar-refractivity contribution < 1.29 is 17.7 Å². The van der Waals surface area contributed by atoms with Crippen LogP contribution in [0.25, 0.3) is 0 Å². The molecule has 1 heterocycles. The fourth-order valence-electron chi connectivity index (χ4n) is 2.25. The Kier molecular flexibility index (Phi) is 4.30. The van der Waals surface area contributed by atoms with Crippen molar-refractivity contribution >= 4 is 12.4 Å². The Labute approximate surface area is 121 Å². The molecule has 1 aromatic heterocycles. The average Bonchev–Trinajstić information content (AvgIpc) is 2.75. The van der Waals surface area contributed by atoms with Crippen LogP contribution in [0.2, 0.25) is 0 Å². The molecule has 0 aliphatic carbocycles. The summed E-state index contributed by atoms with van der Waals surface area (Å²) in [7, 11) is 0. The van der Waals surface area contributed by atoms with Gasteiger partial charge in [-0.1, -0.05) is 11.6 Å². The van der Waals surface area contributed by atoms with Gasteiger partial charge in [0.05, 0.1) is 11.4 Å². The molecular weight excluding hydrogens is 280 g/mol. The van der Waals surface area contributed by atoms with Gasteiger partial charge in [-0.2, -0.15) is 5.10 Å². The van der Waals surface area contributed by atoms with Gasteiger partial charge >= 0.3 is 6.98 Å². The minimum Gasteiger partial charge on any atom is -0.487 e. The number of hydrogen-bond acceptors (Lipinski definition) is 2. The van der Waals surface area contributed by atoms with Crippen molar-refractivity contribution in [2.24, 2.45) is 0 Å². The number of halogens is 3. The van der Waals surface area contributed by atoms with Crippen molar-refractivity contribution in [3.63, 3.8) is 0 Å². The Morgan fingerprint density at radius 2 is 1.90 bits per heavy atom. The molecule has 0 radical (unpaired) electrons. The first kappa shape index (κ1) is 15.5. The predicted molar refractivity (Wildman–Crippen MR) is 76.9 cm³/mol. The third-order valence-electron chi connectivity index (χ3n) is 3.27. The smallest absolute Gasteiger partial charge is 0.487 e. The molecule has 2 rings (SSSR count). The maximum Gasteiger partial charge on any atom is 0.509 e. The van der Waals surface area contributed by atoms with E-state index in [0.717, 1.165) is 24.0 Å². The van der Waals surface area contributed by atoms with Gasteiger partial charge in [-0.05, 0) is 39.0 Å². The molecule has 21 heavy (non-hydrogen) atoms. The summed E-state index contributed by atoms with van der Waals surface area (Å²) in [6, 6.07) is 5.76. The van der Waals surface area contributed by atoms with Crippen LogP contribution in [0.5, 0.6) is 5.75 Å². The Morgan fingerprint density at radius 1 is 1.19 bits per heavy atom. The number of aromatic nitrogens is 2. The van der Waals surface area contributed by atoms with E-state index in [1.54, 1.807) is 0 Å². The third-order valence-corrected chi connectivity index (χ3v) is 3.27. The van der Waals surface area contributed by atoms with Crippen molar-refractivity contribution in [2.75, 3.05) is 0 Å². The van der Waals surface area contributed by atoms with Crippen molar-refractivity contribution in [3.8, 4) is 5.75 Å². The molecule has 0 saturated heterocycles. The maximum absolute atomic E-state index is 12.7. The van der Waals surface area contributed by atoms with Gasteiger partial charge in [-0.25, -0.2) is 0 Å². The molecule has 0 unspecified atom stereocenters. The van der Waals surface area contributed by atoms with Gasteiger partial charge in [-0.3, -0.25) is 4.68 Å². The Bertz CT molecular complexity index is 638. The zero-order valence-electron chi connectivity index (χ0n) is 12.2. The summed E-state index contributed by atoms with van der Waals surface area (Å²) in [4.78, 5) is 0. The lowest BCUT2D eigenvalue weighted by Gasteiger charge is -2.18. The third kappa shape index (κ3) is 3.59. The van der Waals surface area contributed by atoms with Crippen LogP contribution in [-0.4, -0.2) is 16.8 Å². The highest BCUT2D eigenvalue weighted by Gasteiger charge is 2.27. The Balaban J connectivity index is 2.12. The van der Waals surface area contributed by atoms with E-state index in [1.807, 2.05) is 24.6 Å². The zero-order valence-corrected chi connectivity index (χ0v) is 12.2. The van der Waals surface area contributed by atoms with Crippen LogP contribution in [0.15, 0.2) is 24.3 Å². The topological polar surface area (TPSA) is 27.1 Å². The number of ether oxygens (including phenoxy) is 1. The summed E-state index contributed by atoms with van der Waals surface area (Å²) in [5.41, 5.74) is 1.40. The first-order chi connectivity index (χ1) is 9.81. The molecule has 2 aromatic rings. The molecule has 0 N–H and O–H groups in total. The monoisotopic (exact) mass is 297 g/mol. The van der Waals surface area contributed by atoms with Gasteiger partial charge in [0.15, 0.2) is 0 Å². The van der Waals surface area contributed by atoms with E-state index < -0.39 is 12.4 Å². The van der Waals surface area contributed by atoms with Gasteiger partial charge in [0.25, 0.3) is 0 Å².